The minimum absolute atomic E-state index is 0.0220. The third kappa shape index (κ3) is 1.84. The Labute approximate surface area is 121 Å². The van der Waals surface area contributed by atoms with E-state index in [2.05, 4.69) is 14.3 Å². The molecule has 4 heterocycles. The number of nitrogens with zero attached hydrogens (tertiary/aromatic N) is 2. The van der Waals surface area contributed by atoms with Crippen molar-refractivity contribution in [2.24, 2.45) is 0 Å². The number of aryl methyl sites for hydroxylation is 1. The molecule has 0 amide bonds. The van der Waals surface area contributed by atoms with Gasteiger partial charge in [-0.15, -0.1) is 23.1 Å². The Morgan fingerprint density at radius 3 is 3.16 bits per heavy atom. The van der Waals surface area contributed by atoms with Crippen molar-refractivity contribution in [2.45, 2.75) is 17.1 Å². The van der Waals surface area contributed by atoms with Gasteiger partial charge in [-0.25, -0.2) is 9.36 Å². The molecule has 0 aliphatic carbocycles. The van der Waals surface area contributed by atoms with Crippen LogP contribution >= 0.6 is 34.6 Å². The number of thiophene rings is 1. The lowest BCUT2D eigenvalue weighted by molar-refractivity contribution is 0.910. The summed E-state index contributed by atoms with van der Waals surface area (Å²) in [6.45, 7) is 0. The van der Waals surface area contributed by atoms with Crippen LogP contribution in [-0.2, 0) is 6.42 Å². The van der Waals surface area contributed by atoms with Gasteiger partial charge >= 0.3 is 0 Å². The Morgan fingerprint density at radius 2 is 2.32 bits per heavy atom. The SMILES string of the molecule is O=c1[nH]c(-c2cnsc2)nc2sc3c(c12)CCCS3. The first-order valence-electron chi connectivity index (χ1n) is 5.91. The second-order valence-corrected chi connectivity index (χ2v) is 7.35. The van der Waals surface area contributed by atoms with E-state index in [-0.39, 0.29) is 5.56 Å². The van der Waals surface area contributed by atoms with Crippen LogP contribution in [0.25, 0.3) is 21.6 Å². The van der Waals surface area contributed by atoms with E-state index in [1.54, 1.807) is 17.5 Å². The van der Waals surface area contributed by atoms with Crippen LogP contribution in [0.15, 0.2) is 20.6 Å². The third-order valence-electron chi connectivity index (χ3n) is 3.13. The van der Waals surface area contributed by atoms with Crippen molar-refractivity contribution < 1.29 is 0 Å². The van der Waals surface area contributed by atoms with Crippen LogP contribution in [0, 0.1) is 0 Å². The maximum Gasteiger partial charge on any atom is 0.260 e. The van der Waals surface area contributed by atoms with E-state index in [1.165, 1.54) is 21.3 Å². The van der Waals surface area contributed by atoms with Gasteiger partial charge < -0.3 is 4.98 Å². The molecule has 1 aliphatic heterocycles. The average molecular weight is 307 g/mol. The number of H-pyrrole nitrogens is 1. The number of thioether (sulfide) groups is 1. The largest absolute Gasteiger partial charge is 0.306 e. The molecule has 0 aromatic carbocycles. The van der Waals surface area contributed by atoms with Gasteiger partial charge in [-0.1, -0.05) is 0 Å². The first kappa shape index (κ1) is 11.6. The predicted molar refractivity (Wildman–Crippen MR) is 80.4 cm³/mol. The van der Waals surface area contributed by atoms with Gasteiger partial charge in [0.15, 0.2) is 0 Å². The Balaban J connectivity index is 2.00. The van der Waals surface area contributed by atoms with Gasteiger partial charge in [-0.05, 0) is 35.7 Å². The van der Waals surface area contributed by atoms with Crippen LogP contribution in [0.3, 0.4) is 0 Å². The van der Waals surface area contributed by atoms with Gasteiger partial charge in [0.1, 0.15) is 10.7 Å². The lowest BCUT2D eigenvalue weighted by Gasteiger charge is -2.08. The molecule has 3 aromatic heterocycles. The van der Waals surface area contributed by atoms with E-state index in [4.69, 9.17) is 0 Å². The lowest BCUT2D eigenvalue weighted by Crippen LogP contribution is -2.10. The number of hydrogen-bond donors (Lipinski definition) is 1. The summed E-state index contributed by atoms with van der Waals surface area (Å²) in [7, 11) is 0. The van der Waals surface area contributed by atoms with E-state index in [0.29, 0.717) is 5.82 Å². The Kier molecular flexibility index (Phi) is 2.71. The lowest BCUT2D eigenvalue weighted by atomic mass is 10.1. The van der Waals surface area contributed by atoms with E-state index in [9.17, 15) is 4.79 Å². The maximum atomic E-state index is 12.3. The van der Waals surface area contributed by atoms with E-state index < -0.39 is 0 Å². The van der Waals surface area contributed by atoms with Crippen LogP contribution in [0.1, 0.15) is 12.0 Å². The number of rotatable bonds is 1. The fourth-order valence-corrected chi connectivity index (χ4v) is 5.31. The van der Waals surface area contributed by atoms with Crippen LogP contribution in [0.4, 0.5) is 0 Å². The summed E-state index contributed by atoms with van der Waals surface area (Å²) in [5.74, 6) is 1.76. The zero-order valence-corrected chi connectivity index (χ0v) is 12.3. The standard InChI is InChI=1S/C12H9N3OS3/c16-10-8-7-2-1-3-17-12(7)19-11(8)15-9(14-10)6-4-13-18-5-6/h4-5H,1-3H2,(H,14,15,16). The normalized spacial score (nSPS) is 14.7. The highest BCUT2D eigenvalue weighted by molar-refractivity contribution is 8.01. The van der Waals surface area contributed by atoms with E-state index >= 15 is 0 Å². The highest BCUT2D eigenvalue weighted by Gasteiger charge is 2.20. The van der Waals surface area contributed by atoms with Crippen molar-refractivity contribution in [2.75, 3.05) is 5.75 Å². The summed E-state index contributed by atoms with van der Waals surface area (Å²) in [4.78, 5) is 20.7. The second kappa shape index (κ2) is 4.43. The smallest absolute Gasteiger partial charge is 0.260 e. The molecule has 19 heavy (non-hydrogen) atoms. The first-order valence-corrected chi connectivity index (χ1v) is 8.55. The summed E-state index contributed by atoms with van der Waals surface area (Å²) in [6, 6.07) is 0. The summed E-state index contributed by atoms with van der Waals surface area (Å²) < 4.78 is 5.32. The van der Waals surface area contributed by atoms with Crippen molar-refractivity contribution in [3.8, 4) is 11.4 Å². The van der Waals surface area contributed by atoms with Crippen molar-refractivity contribution in [3.63, 3.8) is 0 Å². The number of aromatic nitrogens is 3. The molecule has 0 radical (unpaired) electrons. The first-order chi connectivity index (χ1) is 9.33. The number of aromatic amines is 1. The summed E-state index contributed by atoms with van der Waals surface area (Å²) in [6.07, 6.45) is 3.86. The van der Waals surface area contributed by atoms with Crippen LogP contribution in [0.2, 0.25) is 0 Å². The van der Waals surface area contributed by atoms with Gasteiger partial charge in [-0.3, -0.25) is 4.79 Å². The molecule has 0 saturated heterocycles. The molecular weight excluding hydrogens is 298 g/mol. The van der Waals surface area contributed by atoms with Gasteiger partial charge in [0.2, 0.25) is 0 Å². The minimum atomic E-state index is -0.0220. The molecule has 4 rings (SSSR count). The average Bonchev–Trinajstić information content (AvgIpc) is 3.05. The van der Waals surface area contributed by atoms with Gasteiger partial charge in [0.25, 0.3) is 5.56 Å². The van der Waals surface area contributed by atoms with E-state index in [1.807, 2.05) is 17.1 Å². The summed E-state index contributed by atoms with van der Waals surface area (Å²) >= 11 is 4.84. The quantitative estimate of drug-likeness (QED) is 0.750. The van der Waals surface area contributed by atoms with Crippen molar-refractivity contribution in [3.05, 3.63) is 27.5 Å². The molecule has 1 aliphatic rings. The maximum absolute atomic E-state index is 12.3. The molecule has 0 fully saturated rings. The van der Waals surface area contributed by atoms with Crippen molar-refractivity contribution in [1.82, 2.24) is 14.3 Å². The highest BCUT2D eigenvalue weighted by Crippen LogP contribution is 2.40. The Bertz CT molecular complexity index is 804. The molecule has 1 N–H and O–H groups in total. The zero-order valence-electron chi connectivity index (χ0n) is 9.80. The van der Waals surface area contributed by atoms with Gasteiger partial charge in [-0.2, -0.15) is 0 Å². The minimum Gasteiger partial charge on any atom is -0.306 e. The third-order valence-corrected chi connectivity index (χ3v) is 6.25. The van der Waals surface area contributed by atoms with Gasteiger partial charge in [0, 0.05) is 10.9 Å². The molecule has 0 saturated carbocycles. The predicted octanol–water partition coefficient (Wildman–Crippen LogP) is 3.15. The number of hydrogen-bond acceptors (Lipinski definition) is 6. The summed E-state index contributed by atoms with van der Waals surface area (Å²) in [5.41, 5.74) is 2.05. The zero-order chi connectivity index (χ0) is 12.8. The fourth-order valence-electron chi connectivity index (χ4n) is 2.26. The van der Waals surface area contributed by atoms with Crippen molar-refractivity contribution >= 4 is 44.8 Å². The second-order valence-electron chi connectivity index (χ2n) is 4.33. The topological polar surface area (TPSA) is 58.6 Å². The molecule has 0 spiro atoms. The van der Waals surface area contributed by atoms with Crippen LogP contribution in [-0.4, -0.2) is 20.1 Å². The van der Waals surface area contributed by atoms with Crippen LogP contribution < -0.4 is 5.56 Å². The number of fused-ring (bicyclic) bond motifs is 3. The monoisotopic (exact) mass is 307 g/mol. The molecule has 3 aromatic rings. The summed E-state index contributed by atoms with van der Waals surface area (Å²) in [5, 5.41) is 2.69. The van der Waals surface area contributed by atoms with Crippen LogP contribution in [0.5, 0.6) is 0 Å². The molecule has 96 valence electrons. The van der Waals surface area contributed by atoms with Crippen molar-refractivity contribution in [1.29, 1.82) is 0 Å². The molecular formula is C12H9N3OS3. The molecule has 4 nitrogen and oxygen atoms in total. The van der Waals surface area contributed by atoms with E-state index in [0.717, 1.165) is 34.4 Å². The Morgan fingerprint density at radius 1 is 1.37 bits per heavy atom. The number of nitrogens with one attached hydrogen (secondary N) is 1. The molecule has 0 atom stereocenters. The highest BCUT2D eigenvalue weighted by atomic mass is 32.2. The van der Waals surface area contributed by atoms with Gasteiger partial charge in [0.05, 0.1) is 15.8 Å². The molecule has 0 bridgehead atoms. The fraction of sp³-hybridized carbons (Fsp3) is 0.250. The molecule has 0 unspecified atom stereocenters. The Hall–Kier alpha value is -1.18. The molecule has 7 heteroatoms.